The van der Waals surface area contributed by atoms with Gasteiger partial charge >= 0.3 is 0 Å². The van der Waals surface area contributed by atoms with Gasteiger partial charge in [0.15, 0.2) is 14.6 Å². The molecule has 0 heterocycles. The van der Waals surface area contributed by atoms with Crippen molar-refractivity contribution in [2.75, 3.05) is 0 Å². The quantitative estimate of drug-likeness (QED) is 0.782. The molecular weight excluding hydrogens is 282 g/mol. The first-order valence-electron chi connectivity index (χ1n) is 6.44. The van der Waals surface area contributed by atoms with Gasteiger partial charge in [0.1, 0.15) is 0 Å². The number of sulfone groups is 1. The van der Waals surface area contributed by atoms with Gasteiger partial charge in [-0.1, -0.05) is 49.4 Å². The average Bonchev–Trinajstić information content (AvgIpc) is 2.65. The van der Waals surface area contributed by atoms with Crippen molar-refractivity contribution in [1.29, 1.82) is 5.26 Å². The smallest absolute Gasteiger partial charge is 0.198 e. The van der Waals surface area contributed by atoms with Crippen LogP contribution in [-0.2, 0) is 9.84 Å². The van der Waals surface area contributed by atoms with E-state index in [4.69, 9.17) is 11.6 Å². The van der Waals surface area contributed by atoms with Crippen LogP contribution in [-0.4, -0.2) is 13.2 Å². The molecule has 1 aliphatic rings. The van der Waals surface area contributed by atoms with Crippen LogP contribution in [0.3, 0.4) is 0 Å². The zero-order valence-electron chi connectivity index (χ0n) is 10.6. The van der Waals surface area contributed by atoms with Crippen LogP contribution in [0.4, 0.5) is 0 Å². The van der Waals surface area contributed by atoms with E-state index in [-0.39, 0.29) is 9.92 Å². The predicted octanol–water partition coefficient (Wildman–Crippen LogP) is 3.73. The molecule has 0 aromatic heterocycles. The number of hydrogen-bond acceptors (Lipinski definition) is 3. The van der Waals surface area contributed by atoms with Gasteiger partial charge in [-0.25, -0.2) is 8.42 Å². The molecule has 19 heavy (non-hydrogen) atoms. The molecule has 102 valence electrons. The lowest BCUT2D eigenvalue weighted by Gasteiger charge is -2.25. The largest absolute Gasteiger partial charge is 0.222 e. The van der Waals surface area contributed by atoms with Crippen molar-refractivity contribution in [3.05, 3.63) is 29.3 Å². The lowest BCUT2D eigenvalue weighted by molar-refractivity contribution is 0.523. The van der Waals surface area contributed by atoms with Crippen molar-refractivity contribution in [3.8, 4) is 6.07 Å². The molecule has 0 saturated heterocycles. The zero-order chi connectivity index (χ0) is 13.9. The molecule has 0 aliphatic heterocycles. The third-order valence-corrected chi connectivity index (χ3v) is 6.66. The molecule has 0 N–H and O–H groups in total. The third kappa shape index (κ3) is 2.50. The van der Waals surface area contributed by atoms with E-state index in [0.29, 0.717) is 12.8 Å². The highest BCUT2D eigenvalue weighted by atomic mass is 35.5. The number of nitrogens with zero attached hydrogens (tertiary/aromatic N) is 1. The summed E-state index contributed by atoms with van der Waals surface area (Å²) in [5, 5.41) is 9.68. The van der Waals surface area contributed by atoms with Crippen molar-refractivity contribution in [3.63, 3.8) is 0 Å². The lowest BCUT2D eigenvalue weighted by atomic mass is 10.0. The Labute approximate surface area is 119 Å². The third-order valence-electron chi connectivity index (χ3n) is 3.76. The molecule has 0 radical (unpaired) electrons. The summed E-state index contributed by atoms with van der Waals surface area (Å²) in [5.74, 6) is 0. The van der Waals surface area contributed by atoms with E-state index < -0.39 is 14.6 Å². The molecule has 0 bridgehead atoms. The second kappa shape index (κ2) is 5.52. The Balaban J connectivity index is 2.53. The molecule has 2 rings (SSSR count). The first-order valence-corrected chi connectivity index (χ1v) is 8.30. The Morgan fingerprint density at radius 1 is 1.11 bits per heavy atom. The molecule has 0 spiro atoms. The lowest BCUT2D eigenvalue weighted by Crippen LogP contribution is -2.36. The van der Waals surface area contributed by atoms with E-state index in [2.05, 4.69) is 6.07 Å². The molecule has 0 amide bonds. The van der Waals surface area contributed by atoms with Gasteiger partial charge in [0.25, 0.3) is 0 Å². The normalized spacial score (nSPS) is 19.4. The standard InChI is InChI=1S/C14H16ClNO2S/c15-12-7-3-4-8-13(12)19(17,18)14(11-16)9-5-1-2-6-10-14/h3-4,7-8H,1-2,5-6,9-10H2. The fourth-order valence-corrected chi connectivity index (χ4v) is 5.00. The second-order valence-electron chi connectivity index (χ2n) is 4.95. The van der Waals surface area contributed by atoms with Crippen molar-refractivity contribution < 1.29 is 8.42 Å². The summed E-state index contributed by atoms with van der Waals surface area (Å²) in [6, 6.07) is 8.44. The van der Waals surface area contributed by atoms with Crippen molar-refractivity contribution >= 4 is 21.4 Å². The van der Waals surface area contributed by atoms with E-state index in [9.17, 15) is 13.7 Å². The Bertz CT molecular complexity index is 596. The van der Waals surface area contributed by atoms with E-state index in [1.807, 2.05) is 0 Å². The van der Waals surface area contributed by atoms with Gasteiger partial charge < -0.3 is 0 Å². The average molecular weight is 298 g/mol. The SMILES string of the molecule is N#CC1(S(=O)(=O)c2ccccc2Cl)CCCCCC1. The van der Waals surface area contributed by atoms with E-state index >= 15 is 0 Å². The van der Waals surface area contributed by atoms with Crippen LogP contribution in [0, 0.1) is 11.3 Å². The molecule has 0 unspecified atom stereocenters. The first-order chi connectivity index (χ1) is 9.03. The minimum atomic E-state index is -3.72. The number of halogens is 1. The maximum atomic E-state index is 12.8. The topological polar surface area (TPSA) is 57.9 Å². The van der Waals surface area contributed by atoms with Crippen molar-refractivity contribution in [2.45, 2.75) is 48.2 Å². The van der Waals surface area contributed by atoms with E-state index in [0.717, 1.165) is 25.7 Å². The predicted molar refractivity (Wildman–Crippen MR) is 74.7 cm³/mol. The van der Waals surface area contributed by atoms with Crippen molar-refractivity contribution in [1.82, 2.24) is 0 Å². The van der Waals surface area contributed by atoms with Crippen LogP contribution >= 0.6 is 11.6 Å². The maximum absolute atomic E-state index is 12.8. The van der Waals surface area contributed by atoms with Crippen LogP contribution in [0.5, 0.6) is 0 Å². The van der Waals surface area contributed by atoms with Crippen LogP contribution in [0.2, 0.25) is 5.02 Å². The van der Waals surface area contributed by atoms with Gasteiger partial charge in [-0.15, -0.1) is 0 Å². The Morgan fingerprint density at radius 2 is 1.68 bits per heavy atom. The zero-order valence-corrected chi connectivity index (χ0v) is 12.2. The Morgan fingerprint density at radius 3 is 2.21 bits per heavy atom. The summed E-state index contributed by atoms with van der Waals surface area (Å²) in [6.07, 6.45) is 4.32. The molecule has 1 aromatic carbocycles. The fourth-order valence-electron chi connectivity index (χ4n) is 2.61. The number of benzene rings is 1. The molecule has 1 aromatic rings. The van der Waals surface area contributed by atoms with Gasteiger partial charge in [0, 0.05) is 0 Å². The maximum Gasteiger partial charge on any atom is 0.198 e. The van der Waals surface area contributed by atoms with Crippen LogP contribution in [0.25, 0.3) is 0 Å². The summed E-state index contributed by atoms with van der Waals surface area (Å²) in [7, 11) is -3.72. The van der Waals surface area contributed by atoms with Gasteiger partial charge in [-0.3, -0.25) is 0 Å². The summed E-state index contributed by atoms with van der Waals surface area (Å²) in [4.78, 5) is 0.0834. The molecular formula is C14H16ClNO2S. The molecule has 3 nitrogen and oxygen atoms in total. The van der Waals surface area contributed by atoms with Crippen LogP contribution in [0.15, 0.2) is 29.2 Å². The molecule has 1 saturated carbocycles. The summed E-state index contributed by atoms with van der Waals surface area (Å²) < 4.78 is 24.3. The Kier molecular flexibility index (Phi) is 4.17. The highest BCUT2D eigenvalue weighted by molar-refractivity contribution is 7.93. The minimum absolute atomic E-state index is 0.0834. The van der Waals surface area contributed by atoms with Gasteiger partial charge in [0.2, 0.25) is 0 Å². The molecule has 1 fully saturated rings. The van der Waals surface area contributed by atoms with Crippen molar-refractivity contribution in [2.24, 2.45) is 0 Å². The summed E-state index contributed by atoms with van der Waals surface area (Å²) in [5.41, 5.74) is 0. The molecule has 0 atom stereocenters. The highest BCUT2D eigenvalue weighted by Gasteiger charge is 2.45. The fraction of sp³-hybridized carbons (Fsp3) is 0.500. The Hall–Kier alpha value is -1.05. The van der Waals surface area contributed by atoms with Gasteiger partial charge in [0.05, 0.1) is 16.0 Å². The second-order valence-corrected chi connectivity index (χ2v) is 7.59. The number of rotatable bonds is 2. The number of nitriles is 1. The van der Waals surface area contributed by atoms with E-state index in [1.54, 1.807) is 18.2 Å². The van der Waals surface area contributed by atoms with Crippen LogP contribution in [0.1, 0.15) is 38.5 Å². The van der Waals surface area contributed by atoms with Gasteiger partial charge in [-0.2, -0.15) is 5.26 Å². The number of hydrogen-bond donors (Lipinski definition) is 0. The highest BCUT2D eigenvalue weighted by Crippen LogP contribution is 2.39. The summed E-state index contributed by atoms with van der Waals surface area (Å²) >= 11 is 6.00. The minimum Gasteiger partial charge on any atom is -0.222 e. The molecule has 5 heteroatoms. The summed E-state index contributed by atoms with van der Waals surface area (Å²) in [6.45, 7) is 0. The first kappa shape index (κ1) is 14.4. The van der Waals surface area contributed by atoms with E-state index in [1.165, 1.54) is 6.07 Å². The monoisotopic (exact) mass is 297 g/mol. The van der Waals surface area contributed by atoms with Gasteiger partial charge in [-0.05, 0) is 25.0 Å². The van der Waals surface area contributed by atoms with Crippen LogP contribution < -0.4 is 0 Å². The molecule has 1 aliphatic carbocycles.